The first-order valence-corrected chi connectivity index (χ1v) is 8.46. The van der Waals surface area contributed by atoms with Crippen LogP contribution in [0.25, 0.3) is 0 Å². The Hall–Kier alpha value is -0.0400. The summed E-state index contributed by atoms with van der Waals surface area (Å²) in [6.07, 6.45) is 10.8. The molecule has 0 aromatic heterocycles. The first-order valence-electron chi connectivity index (χ1n) is 8.46. The Morgan fingerprint density at radius 1 is 0.833 bits per heavy atom. The maximum absolute atomic E-state index is 3.83. The van der Waals surface area contributed by atoms with Crippen LogP contribution < -0.4 is 5.32 Å². The summed E-state index contributed by atoms with van der Waals surface area (Å²) in [5.41, 5.74) is 0. The predicted octanol–water partition coefficient (Wildman–Crippen LogP) is 5.40. The lowest BCUT2D eigenvalue weighted by Gasteiger charge is -2.30. The number of rotatable bonds is 12. The summed E-state index contributed by atoms with van der Waals surface area (Å²) in [6, 6.07) is 0.756. The van der Waals surface area contributed by atoms with Crippen molar-refractivity contribution in [3.05, 3.63) is 0 Å². The van der Waals surface area contributed by atoms with Crippen molar-refractivity contribution in [2.45, 2.75) is 92.0 Å². The SMILES string of the molecule is CCCCC(CC)C(CC(CC)CC)NCCC. The van der Waals surface area contributed by atoms with Crippen LogP contribution in [0.3, 0.4) is 0 Å². The van der Waals surface area contributed by atoms with E-state index in [0.717, 1.165) is 17.9 Å². The molecule has 0 rings (SSSR count). The van der Waals surface area contributed by atoms with E-state index in [1.165, 1.54) is 57.9 Å². The van der Waals surface area contributed by atoms with E-state index in [-0.39, 0.29) is 0 Å². The van der Waals surface area contributed by atoms with Crippen LogP contribution in [0.1, 0.15) is 86.0 Å². The van der Waals surface area contributed by atoms with Crippen molar-refractivity contribution in [1.29, 1.82) is 0 Å². The lowest BCUT2D eigenvalue weighted by Crippen LogP contribution is -2.38. The molecule has 0 aromatic rings. The highest BCUT2D eigenvalue weighted by atomic mass is 14.9. The Kier molecular flexibility index (Phi) is 12.0. The maximum atomic E-state index is 3.83. The molecular formula is C17H37N. The van der Waals surface area contributed by atoms with Crippen molar-refractivity contribution in [3.8, 4) is 0 Å². The molecule has 0 aliphatic rings. The molecular weight excluding hydrogens is 218 g/mol. The average molecular weight is 255 g/mol. The van der Waals surface area contributed by atoms with Gasteiger partial charge >= 0.3 is 0 Å². The van der Waals surface area contributed by atoms with Crippen molar-refractivity contribution in [2.24, 2.45) is 11.8 Å². The van der Waals surface area contributed by atoms with Crippen molar-refractivity contribution in [1.82, 2.24) is 5.32 Å². The topological polar surface area (TPSA) is 12.0 Å². The second-order valence-corrected chi connectivity index (χ2v) is 5.79. The number of hydrogen-bond acceptors (Lipinski definition) is 1. The van der Waals surface area contributed by atoms with E-state index in [9.17, 15) is 0 Å². The van der Waals surface area contributed by atoms with E-state index in [0.29, 0.717) is 0 Å². The Labute approximate surface area is 116 Å². The highest BCUT2D eigenvalue weighted by Gasteiger charge is 2.21. The van der Waals surface area contributed by atoms with Crippen LogP contribution in [0.15, 0.2) is 0 Å². The van der Waals surface area contributed by atoms with Crippen molar-refractivity contribution in [2.75, 3.05) is 6.54 Å². The predicted molar refractivity (Wildman–Crippen MR) is 84.1 cm³/mol. The quantitative estimate of drug-likeness (QED) is 0.492. The molecule has 0 radical (unpaired) electrons. The van der Waals surface area contributed by atoms with E-state index in [1.807, 2.05) is 0 Å². The molecule has 1 N–H and O–H groups in total. The third-order valence-corrected chi connectivity index (χ3v) is 4.42. The van der Waals surface area contributed by atoms with Crippen LogP contribution >= 0.6 is 0 Å². The molecule has 2 unspecified atom stereocenters. The lowest BCUT2D eigenvalue weighted by molar-refractivity contribution is 0.260. The van der Waals surface area contributed by atoms with Crippen molar-refractivity contribution < 1.29 is 0 Å². The summed E-state index contributed by atoms with van der Waals surface area (Å²) in [5, 5.41) is 3.83. The van der Waals surface area contributed by atoms with Gasteiger partial charge in [-0.25, -0.2) is 0 Å². The van der Waals surface area contributed by atoms with Gasteiger partial charge in [0.1, 0.15) is 0 Å². The van der Waals surface area contributed by atoms with Gasteiger partial charge in [-0.15, -0.1) is 0 Å². The zero-order valence-electron chi connectivity index (χ0n) is 13.6. The summed E-state index contributed by atoms with van der Waals surface area (Å²) < 4.78 is 0. The third-order valence-electron chi connectivity index (χ3n) is 4.42. The molecule has 0 spiro atoms. The van der Waals surface area contributed by atoms with Gasteiger partial charge in [0.25, 0.3) is 0 Å². The number of unbranched alkanes of at least 4 members (excludes halogenated alkanes) is 1. The lowest BCUT2D eigenvalue weighted by atomic mass is 9.84. The van der Waals surface area contributed by atoms with Crippen LogP contribution in [0.4, 0.5) is 0 Å². The van der Waals surface area contributed by atoms with E-state index in [2.05, 4.69) is 39.9 Å². The first-order chi connectivity index (χ1) is 8.73. The van der Waals surface area contributed by atoms with Gasteiger partial charge in [-0.1, -0.05) is 66.7 Å². The van der Waals surface area contributed by atoms with Gasteiger partial charge in [0, 0.05) is 6.04 Å². The maximum Gasteiger partial charge on any atom is 0.00978 e. The Balaban J connectivity index is 4.39. The minimum atomic E-state index is 0.756. The Bertz CT molecular complexity index is 163. The monoisotopic (exact) mass is 255 g/mol. The number of nitrogens with one attached hydrogen (secondary N) is 1. The standard InChI is InChI=1S/C17H37N/c1-6-11-12-16(10-5)17(18-13-7-2)14-15(8-3)9-4/h15-18H,6-14H2,1-5H3. The second-order valence-electron chi connectivity index (χ2n) is 5.79. The molecule has 0 fully saturated rings. The van der Waals surface area contributed by atoms with Crippen LogP contribution in [0, 0.1) is 11.8 Å². The van der Waals surface area contributed by atoms with Crippen LogP contribution in [-0.2, 0) is 0 Å². The molecule has 0 saturated carbocycles. The molecule has 18 heavy (non-hydrogen) atoms. The molecule has 2 atom stereocenters. The fraction of sp³-hybridized carbons (Fsp3) is 1.00. The minimum absolute atomic E-state index is 0.756. The normalized spacial score (nSPS) is 15.0. The average Bonchev–Trinajstić information content (AvgIpc) is 2.41. The second kappa shape index (κ2) is 12.0. The molecule has 0 bridgehead atoms. The van der Waals surface area contributed by atoms with Crippen molar-refractivity contribution >= 4 is 0 Å². The molecule has 0 amide bonds. The number of hydrogen-bond donors (Lipinski definition) is 1. The molecule has 0 aliphatic carbocycles. The molecule has 0 aliphatic heterocycles. The highest BCUT2D eigenvalue weighted by molar-refractivity contribution is 4.78. The van der Waals surface area contributed by atoms with E-state index in [1.54, 1.807) is 0 Å². The van der Waals surface area contributed by atoms with Gasteiger partial charge in [-0.05, 0) is 37.6 Å². The molecule has 1 heteroatoms. The van der Waals surface area contributed by atoms with Crippen LogP contribution in [0.2, 0.25) is 0 Å². The largest absolute Gasteiger partial charge is 0.314 e. The van der Waals surface area contributed by atoms with Gasteiger partial charge in [0.05, 0.1) is 0 Å². The van der Waals surface area contributed by atoms with E-state index >= 15 is 0 Å². The zero-order valence-corrected chi connectivity index (χ0v) is 13.6. The molecule has 110 valence electrons. The van der Waals surface area contributed by atoms with Gasteiger partial charge < -0.3 is 5.32 Å². The minimum Gasteiger partial charge on any atom is -0.314 e. The Morgan fingerprint density at radius 2 is 1.50 bits per heavy atom. The van der Waals surface area contributed by atoms with Gasteiger partial charge in [-0.3, -0.25) is 0 Å². The molecule has 0 aromatic carbocycles. The molecule has 0 heterocycles. The smallest absolute Gasteiger partial charge is 0.00978 e. The highest BCUT2D eigenvalue weighted by Crippen LogP contribution is 2.25. The molecule has 1 nitrogen and oxygen atoms in total. The Morgan fingerprint density at radius 3 is 1.94 bits per heavy atom. The van der Waals surface area contributed by atoms with Gasteiger partial charge in [0.15, 0.2) is 0 Å². The fourth-order valence-corrected chi connectivity index (χ4v) is 2.91. The van der Waals surface area contributed by atoms with Crippen LogP contribution in [0.5, 0.6) is 0 Å². The summed E-state index contributed by atoms with van der Waals surface area (Å²) in [6.45, 7) is 12.8. The van der Waals surface area contributed by atoms with E-state index in [4.69, 9.17) is 0 Å². The summed E-state index contributed by atoms with van der Waals surface area (Å²) in [5.74, 6) is 1.80. The third kappa shape index (κ3) is 7.41. The van der Waals surface area contributed by atoms with Gasteiger partial charge in [-0.2, -0.15) is 0 Å². The fourth-order valence-electron chi connectivity index (χ4n) is 2.91. The van der Waals surface area contributed by atoms with Gasteiger partial charge in [0.2, 0.25) is 0 Å². The van der Waals surface area contributed by atoms with Crippen LogP contribution in [-0.4, -0.2) is 12.6 Å². The van der Waals surface area contributed by atoms with E-state index < -0.39 is 0 Å². The van der Waals surface area contributed by atoms with Crippen molar-refractivity contribution in [3.63, 3.8) is 0 Å². The zero-order chi connectivity index (χ0) is 13.8. The summed E-state index contributed by atoms with van der Waals surface area (Å²) >= 11 is 0. The first kappa shape index (κ1) is 18.0. The summed E-state index contributed by atoms with van der Waals surface area (Å²) in [7, 11) is 0. The summed E-state index contributed by atoms with van der Waals surface area (Å²) in [4.78, 5) is 0. The molecule has 0 saturated heterocycles.